The zero-order valence-corrected chi connectivity index (χ0v) is 8.13. The van der Waals surface area contributed by atoms with Crippen LogP contribution in [0.2, 0.25) is 0 Å². The molecular formula is C10H9BrO. The number of aliphatic hydroxyl groups is 1. The molecule has 0 spiro atoms. The van der Waals surface area contributed by atoms with Crippen LogP contribution in [0.1, 0.15) is 6.42 Å². The van der Waals surface area contributed by atoms with E-state index in [4.69, 9.17) is 5.11 Å². The SMILES string of the molecule is OCC#CC1=C(Br)C2C=CC1C2. The maximum atomic E-state index is 8.55. The van der Waals surface area contributed by atoms with Gasteiger partial charge >= 0.3 is 0 Å². The van der Waals surface area contributed by atoms with Gasteiger partial charge in [-0.3, -0.25) is 0 Å². The Hall–Kier alpha value is -0.520. The summed E-state index contributed by atoms with van der Waals surface area (Å²) in [6.45, 7) is -0.0507. The molecule has 0 heterocycles. The van der Waals surface area contributed by atoms with E-state index >= 15 is 0 Å². The molecule has 0 aromatic carbocycles. The van der Waals surface area contributed by atoms with Gasteiger partial charge in [0.05, 0.1) is 0 Å². The summed E-state index contributed by atoms with van der Waals surface area (Å²) in [5.41, 5.74) is 1.16. The average molecular weight is 225 g/mol. The highest BCUT2D eigenvalue weighted by atomic mass is 79.9. The minimum atomic E-state index is -0.0507. The lowest BCUT2D eigenvalue weighted by Gasteiger charge is -2.04. The van der Waals surface area contributed by atoms with Crippen LogP contribution in [0.4, 0.5) is 0 Å². The van der Waals surface area contributed by atoms with Crippen molar-refractivity contribution in [1.29, 1.82) is 0 Å². The van der Waals surface area contributed by atoms with E-state index < -0.39 is 0 Å². The van der Waals surface area contributed by atoms with Crippen LogP contribution >= 0.6 is 15.9 Å². The van der Waals surface area contributed by atoms with Crippen LogP contribution < -0.4 is 0 Å². The normalized spacial score (nSPS) is 30.8. The number of rotatable bonds is 0. The maximum Gasteiger partial charge on any atom is 0.104 e. The van der Waals surface area contributed by atoms with Gasteiger partial charge in [0.1, 0.15) is 6.61 Å². The monoisotopic (exact) mass is 224 g/mol. The van der Waals surface area contributed by atoms with Crippen LogP contribution in [0, 0.1) is 23.7 Å². The van der Waals surface area contributed by atoms with Crippen molar-refractivity contribution in [2.24, 2.45) is 11.8 Å². The summed E-state index contributed by atoms with van der Waals surface area (Å²) in [5.74, 6) is 6.74. The third-order valence-corrected chi connectivity index (χ3v) is 3.35. The minimum Gasteiger partial charge on any atom is -0.384 e. The topological polar surface area (TPSA) is 20.2 Å². The van der Waals surface area contributed by atoms with Gasteiger partial charge in [-0.25, -0.2) is 0 Å². The van der Waals surface area contributed by atoms with Gasteiger partial charge < -0.3 is 5.11 Å². The van der Waals surface area contributed by atoms with Gasteiger partial charge in [-0.15, -0.1) is 0 Å². The van der Waals surface area contributed by atoms with E-state index in [0.29, 0.717) is 11.8 Å². The van der Waals surface area contributed by atoms with Crippen molar-refractivity contribution < 1.29 is 5.11 Å². The second-order valence-electron chi connectivity index (χ2n) is 3.06. The van der Waals surface area contributed by atoms with E-state index in [1.807, 2.05) is 0 Å². The molecule has 0 aromatic heterocycles. The molecule has 1 N–H and O–H groups in total. The van der Waals surface area contributed by atoms with Gasteiger partial charge in [0.15, 0.2) is 0 Å². The molecule has 1 nitrogen and oxygen atoms in total. The van der Waals surface area contributed by atoms with E-state index in [1.54, 1.807) is 0 Å². The van der Waals surface area contributed by atoms with Crippen molar-refractivity contribution in [3.63, 3.8) is 0 Å². The number of hydrogen-bond acceptors (Lipinski definition) is 1. The fourth-order valence-electron chi connectivity index (χ4n) is 1.76. The minimum absolute atomic E-state index is 0.0507. The highest BCUT2D eigenvalue weighted by molar-refractivity contribution is 9.11. The second-order valence-corrected chi connectivity index (χ2v) is 3.91. The van der Waals surface area contributed by atoms with Crippen LogP contribution in [0.3, 0.4) is 0 Å². The van der Waals surface area contributed by atoms with Gasteiger partial charge in [-0.1, -0.05) is 39.9 Å². The molecule has 0 saturated heterocycles. The Labute approximate surface area is 80.3 Å². The molecular weight excluding hydrogens is 216 g/mol. The molecule has 2 aliphatic carbocycles. The van der Waals surface area contributed by atoms with E-state index in [1.165, 1.54) is 4.48 Å². The number of allylic oxidation sites excluding steroid dienone is 4. The molecule has 0 saturated carbocycles. The molecule has 12 heavy (non-hydrogen) atoms. The molecule has 2 aliphatic rings. The van der Waals surface area contributed by atoms with Crippen LogP contribution in [-0.4, -0.2) is 11.7 Å². The highest BCUT2D eigenvalue weighted by Gasteiger charge is 2.32. The first kappa shape index (κ1) is 8.10. The Kier molecular flexibility index (Phi) is 2.08. The van der Waals surface area contributed by atoms with Gasteiger partial charge in [-0.2, -0.15) is 0 Å². The summed E-state index contributed by atoms with van der Waals surface area (Å²) in [6, 6.07) is 0. The summed E-state index contributed by atoms with van der Waals surface area (Å²) in [4.78, 5) is 0. The molecule has 0 aromatic rings. The standard InChI is InChI=1S/C10H9BrO/c11-10-8-4-3-7(6-8)9(10)2-1-5-12/h3-4,7-8,12H,5-6H2. The number of halogens is 1. The van der Waals surface area contributed by atoms with E-state index in [0.717, 1.165) is 12.0 Å². The molecule has 2 bridgehead atoms. The van der Waals surface area contributed by atoms with Gasteiger partial charge in [0, 0.05) is 21.9 Å². The molecule has 0 radical (unpaired) electrons. The van der Waals surface area contributed by atoms with E-state index in [2.05, 4.69) is 39.9 Å². The first-order valence-corrected chi connectivity index (χ1v) is 4.80. The lowest BCUT2D eigenvalue weighted by Crippen LogP contribution is -1.92. The Morgan fingerprint density at radius 2 is 2.25 bits per heavy atom. The molecule has 2 atom stereocenters. The lowest BCUT2D eigenvalue weighted by molar-refractivity contribution is 0.350. The van der Waals surface area contributed by atoms with Crippen molar-refractivity contribution >= 4 is 15.9 Å². The van der Waals surface area contributed by atoms with Crippen LogP contribution in [0.5, 0.6) is 0 Å². The Morgan fingerprint density at radius 1 is 1.50 bits per heavy atom. The molecule has 2 rings (SSSR count). The molecule has 2 unspecified atom stereocenters. The highest BCUT2D eigenvalue weighted by Crippen LogP contribution is 2.45. The molecule has 0 fully saturated rings. The molecule has 62 valence electrons. The lowest BCUT2D eigenvalue weighted by atomic mass is 10.0. The third kappa shape index (κ3) is 1.14. The summed E-state index contributed by atoms with van der Waals surface area (Å²) in [6.07, 6.45) is 5.59. The van der Waals surface area contributed by atoms with Crippen LogP contribution in [0.25, 0.3) is 0 Å². The summed E-state index contributed by atoms with van der Waals surface area (Å²) in [5, 5.41) is 8.55. The van der Waals surface area contributed by atoms with Crippen LogP contribution in [0.15, 0.2) is 22.2 Å². The zero-order valence-electron chi connectivity index (χ0n) is 6.55. The average Bonchev–Trinajstić information content (AvgIpc) is 2.62. The van der Waals surface area contributed by atoms with Crippen molar-refractivity contribution in [1.82, 2.24) is 0 Å². The van der Waals surface area contributed by atoms with Gasteiger partial charge in [-0.05, 0) is 6.42 Å². The predicted octanol–water partition coefficient (Wildman–Crippen LogP) is 1.84. The first-order chi connectivity index (χ1) is 5.83. The third-order valence-electron chi connectivity index (χ3n) is 2.34. The Bertz CT molecular complexity index is 316. The predicted molar refractivity (Wildman–Crippen MR) is 51.6 cm³/mol. The maximum absolute atomic E-state index is 8.55. The molecule has 0 aliphatic heterocycles. The van der Waals surface area contributed by atoms with Gasteiger partial charge in [0.2, 0.25) is 0 Å². The fraction of sp³-hybridized carbons (Fsp3) is 0.400. The Morgan fingerprint density at radius 3 is 2.83 bits per heavy atom. The summed E-state index contributed by atoms with van der Waals surface area (Å²) >= 11 is 3.54. The van der Waals surface area contributed by atoms with E-state index in [9.17, 15) is 0 Å². The van der Waals surface area contributed by atoms with E-state index in [-0.39, 0.29) is 6.61 Å². The Balaban J connectivity index is 2.26. The number of aliphatic hydroxyl groups excluding tert-OH is 1. The van der Waals surface area contributed by atoms with Crippen molar-refractivity contribution in [3.8, 4) is 11.8 Å². The molecule has 2 heteroatoms. The summed E-state index contributed by atoms with van der Waals surface area (Å²) in [7, 11) is 0. The second kappa shape index (κ2) is 3.08. The van der Waals surface area contributed by atoms with Crippen molar-refractivity contribution in [2.45, 2.75) is 6.42 Å². The van der Waals surface area contributed by atoms with Crippen molar-refractivity contribution in [3.05, 3.63) is 22.2 Å². The smallest absolute Gasteiger partial charge is 0.104 e. The first-order valence-electron chi connectivity index (χ1n) is 4.00. The van der Waals surface area contributed by atoms with Gasteiger partial charge in [0.25, 0.3) is 0 Å². The quantitative estimate of drug-likeness (QED) is 0.492. The zero-order chi connectivity index (χ0) is 8.55. The number of hydrogen-bond donors (Lipinski definition) is 1. The van der Waals surface area contributed by atoms with Crippen LogP contribution in [-0.2, 0) is 0 Å². The fourth-order valence-corrected chi connectivity index (χ4v) is 2.50. The molecule has 0 amide bonds. The number of fused-ring (bicyclic) bond motifs is 2. The van der Waals surface area contributed by atoms with Crippen molar-refractivity contribution in [2.75, 3.05) is 6.61 Å². The summed E-state index contributed by atoms with van der Waals surface area (Å²) < 4.78 is 1.22. The largest absolute Gasteiger partial charge is 0.384 e.